The van der Waals surface area contributed by atoms with Crippen LogP contribution in [-0.4, -0.2) is 62.8 Å². The van der Waals surface area contributed by atoms with Crippen molar-refractivity contribution in [3.8, 4) is 0 Å². The first kappa shape index (κ1) is 24.3. The lowest BCUT2D eigenvalue weighted by Crippen LogP contribution is -2.38. The van der Waals surface area contributed by atoms with E-state index in [9.17, 15) is 18.0 Å². The van der Waals surface area contributed by atoms with Crippen molar-refractivity contribution in [2.75, 3.05) is 44.8 Å². The Morgan fingerprint density at radius 1 is 1.09 bits per heavy atom. The minimum Gasteiger partial charge on any atom is -0.384 e. The predicted octanol–water partition coefficient (Wildman–Crippen LogP) is 4.32. The van der Waals surface area contributed by atoms with Gasteiger partial charge in [0.15, 0.2) is 0 Å². The number of hydrogen-bond donors (Lipinski definition) is 1. The van der Waals surface area contributed by atoms with Gasteiger partial charge in [-0.1, -0.05) is 0 Å². The molecule has 1 aromatic rings. The van der Waals surface area contributed by atoms with Gasteiger partial charge in [0.1, 0.15) is 0 Å². The largest absolute Gasteiger partial charge is 0.416 e. The van der Waals surface area contributed by atoms with Gasteiger partial charge in [-0.25, -0.2) is 0 Å². The Balaban J connectivity index is 1.20. The fraction of sp³-hybridized carbons (Fsp3) is 0.720. The van der Waals surface area contributed by atoms with Gasteiger partial charge in [-0.05, 0) is 81.2 Å². The summed E-state index contributed by atoms with van der Waals surface area (Å²) in [7, 11) is 1.61. The lowest BCUT2D eigenvalue weighted by molar-refractivity contribution is -0.137. The summed E-state index contributed by atoms with van der Waals surface area (Å²) in [6.45, 7) is 4.57. The number of rotatable bonds is 8. The first-order valence-electron chi connectivity index (χ1n) is 12.3. The van der Waals surface area contributed by atoms with E-state index in [-0.39, 0.29) is 5.91 Å². The van der Waals surface area contributed by atoms with Gasteiger partial charge in [0.25, 0.3) is 0 Å². The highest BCUT2D eigenvalue weighted by Crippen LogP contribution is 2.37. The topological polar surface area (TPSA) is 44.8 Å². The second-order valence-electron chi connectivity index (χ2n) is 9.93. The third kappa shape index (κ3) is 6.21. The standard InChI is InChI=1S/C25H36F3N3O2/c1-33-15-12-24(32)29-21-6-2-18(3-7-21)10-13-30-16-19-11-14-31(23(19)17-30)22-8-4-20(5-9-22)25(26,27)28/h4-5,8-9,18-19,21,23H,2-3,6-7,10-17H2,1H3,(H,29,32)/t18?,19-,21?,23?/m0/s1. The second kappa shape index (κ2) is 10.6. The average molecular weight is 468 g/mol. The van der Waals surface area contributed by atoms with E-state index >= 15 is 0 Å². The number of nitrogens with zero attached hydrogens (tertiary/aromatic N) is 2. The number of amides is 1. The second-order valence-corrected chi connectivity index (χ2v) is 9.93. The molecule has 3 fully saturated rings. The van der Waals surface area contributed by atoms with Crippen LogP contribution in [0.2, 0.25) is 0 Å². The maximum Gasteiger partial charge on any atom is 0.416 e. The number of halogens is 3. The average Bonchev–Trinajstić information content (AvgIpc) is 3.37. The molecule has 0 aromatic heterocycles. The van der Waals surface area contributed by atoms with Crippen LogP contribution < -0.4 is 10.2 Å². The lowest BCUT2D eigenvalue weighted by atomic mass is 9.84. The number of carbonyl (C=O) groups is 1. The number of fused-ring (bicyclic) bond motifs is 1. The molecule has 0 radical (unpaired) electrons. The van der Waals surface area contributed by atoms with Crippen LogP contribution in [0.25, 0.3) is 0 Å². The van der Waals surface area contributed by atoms with Crippen molar-refractivity contribution in [3.63, 3.8) is 0 Å². The molecule has 5 nitrogen and oxygen atoms in total. The summed E-state index contributed by atoms with van der Waals surface area (Å²) in [5.74, 6) is 1.40. The summed E-state index contributed by atoms with van der Waals surface area (Å²) in [6.07, 6.45) is 2.86. The van der Waals surface area contributed by atoms with Crippen molar-refractivity contribution in [3.05, 3.63) is 29.8 Å². The van der Waals surface area contributed by atoms with Gasteiger partial charge in [-0.3, -0.25) is 4.79 Å². The molecule has 2 saturated heterocycles. The van der Waals surface area contributed by atoms with Gasteiger partial charge >= 0.3 is 6.18 Å². The van der Waals surface area contributed by atoms with Crippen molar-refractivity contribution in [2.45, 2.75) is 63.2 Å². The SMILES string of the molecule is COCCC(=O)NC1CCC(CCN2CC3[C@@H](CCN3c3ccc(C(F)(F)F)cc3)C2)CC1. The number of anilines is 1. The number of likely N-dealkylation sites (tertiary alicyclic amines) is 1. The zero-order valence-electron chi connectivity index (χ0n) is 19.4. The molecular formula is C25H36F3N3O2. The molecule has 1 aliphatic carbocycles. The Hall–Kier alpha value is -1.80. The number of alkyl halides is 3. The molecule has 184 valence electrons. The number of carbonyl (C=O) groups excluding carboxylic acids is 1. The van der Waals surface area contributed by atoms with E-state index in [1.165, 1.54) is 18.6 Å². The number of methoxy groups -OCH3 is 1. The van der Waals surface area contributed by atoms with Crippen LogP contribution in [0.3, 0.4) is 0 Å². The molecule has 1 aromatic carbocycles. The molecule has 1 unspecified atom stereocenters. The molecule has 1 amide bonds. The van der Waals surface area contributed by atoms with E-state index in [1.54, 1.807) is 19.2 Å². The lowest BCUT2D eigenvalue weighted by Gasteiger charge is -2.31. The Bertz CT molecular complexity index is 778. The van der Waals surface area contributed by atoms with E-state index in [4.69, 9.17) is 4.74 Å². The molecule has 2 heterocycles. The summed E-state index contributed by atoms with van der Waals surface area (Å²) < 4.78 is 43.6. The number of benzene rings is 1. The molecule has 0 spiro atoms. The summed E-state index contributed by atoms with van der Waals surface area (Å²) >= 11 is 0. The Morgan fingerprint density at radius 3 is 2.48 bits per heavy atom. The Kier molecular flexibility index (Phi) is 7.84. The monoisotopic (exact) mass is 467 g/mol. The summed E-state index contributed by atoms with van der Waals surface area (Å²) in [5.41, 5.74) is 0.322. The van der Waals surface area contributed by atoms with Gasteiger partial charge < -0.3 is 19.9 Å². The van der Waals surface area contributed by atoms with Gasteiger partial charge in [-0.15, -0.1) is 0 Å². The Morgan fingerprint density at radius 2 is 1.82 bits per heavy atom. The summed E-state index contributed by atoms with van der Waals surface area (Å²) in [5, 5.41) is 3.13. The van der Waals surface area contributed by atoms with E-state index in [2.05, 4.69) is 15.1 Å². The quantitative estimate of drug-likeness (QED) is 0.619. The van der Waals surface area contributed by atoms with E-state index in [0.717, 1.165) is 64.0 Å². The van der Waals surface area contributed by atoms with Gasteiger partial charge in [0.05, 0.1) is 12.2 Å². The molecule has 33 heavy (non-hydrogen) atoms. The molecule has 4 rings (SSSR count). The normalized spacial score (nSPS) is 28.2. The summed E-state index contributed by atoms with van der Waals surface area (Å²) in [4.78, 5) is 16.7. The highest BCUT2D eigenvalue weighted by Gasteiger charge is 2.41. The van der Waals surface area contributed by atoms with Gasteiger partial charge in [-0.2, -0.15) is 13.2 Å². The van der Waals surface area contributed by atoms with Crippen molar-refractivity contribution >= 4 is 11.6 Å². The molecule has 3 aliphatic rings. The van der Waals surface area contributed by atoms with Gasteiger partial charge in [0, 0.05) is 50.9 Å². The highest BCUT2D eigenvalue weighted by molar-refractivity contribution is 5.76. The minimum atomic E-state index is -4.29. The van der Waals surface area contributed by atoms with Crippen LogP contribution in [0.15, 0.2) is 24.3 Å². The van der Waals surface area contributed by atoms with Crippen LogP contribution in [0.5, 0.6) is 0 Å². The van der Waals surface area contributed by atoms with Crippen LogP contribution in [0, 0.1) is 11.8 Å². The number of hydrogen-bond acceptors (Lipinski definition) is 4. The maximum atomic E-state index is 12.9. The number of ether oxygens (including phenoxy) is 1. The van der Waals surface area contributed by atoms with Crippen molar-refractivity contribution in [1.82, 2.24) is 10.2 Å². The van der Waals surface area contributed by atoms with E-state index in [0.29, 0.717) is 36.9 Å². The Labute approximate surface area is 194 Å². The van der Waals surface area contributed by atoms with E-state index < -0.39 is 11.7 Å². The predicted molar refractivity (Wildman–Crippen MR) is 122 cm³/mol. The molecule has 1 N–H and O–H groups in total. The van der Waals surface area contributed by atoms with Crippen molar-refractivity contribution in [2.24, 2.45) is 11.8 Å². The van der Waals surface area contributed by atoms with Crippen LogP contribution in [0.4, 0.5) is 18.9 Å². The maximum absolute atomic E-state index is 12.9. The van der Waals surface area contributed by atoms with Crippen molar-refractivity contribution in [1.29, 1.82) is 0 Å². The smallest absolute Gasteiger partial charge is 0.384 e. The molecule has 0 bridgehead atoms. The van der Waals surface area contributed by atoms with Gasteiger partial charge in [0.2, 0.25) is 5.91 Å². The first-order chi connectivity index (χ1) is 15.8. The third-order valence-electron chi connectivity index (χ3n) is 7.75. The zero-order valence-corrected chi connectivity index (χ0v) is 19.4. The van der Waals surface area contributed by atoms with Crippen molar-refractivity contribution < 1.29 is 22.7 Å². The van der Waals surface area contributed by atoms with Crippen LogP contribution in [-0.2, 0) is 15.7 Å². The minimum absolute atomic E-state index is 0.0847. The summed E-state index contributed by atoms with van der Waals surface area (Å²) in [6, 6.07) is 6.35. The van der Waals surface area contributed by atoms with Crippen LogP contribution in [0.1, 0.15) is 50.5 Å². The third-order valence-corrected chi connectivity index (χ3v) is 7.75. The first-order valence-corrected chi connectivity index (χ1v) is 12.3. The zero-order chi connectivity index (χ0) is 23.4. The highest BCUT2D eigenvalue weighted by atomic mass is 19.4. The number of nitrogens with one attached hydrogen (secondary N) is 1. The fourth-order valence-electron chi connectivity index (χ4n) is 5.85. The van der Waals surface area contributed by atoms with E-state index in [1.807, 2.05) is 0 Å². The molecular weight excluding hydrogens is 431 g/mol. The molecule has 1 saturated carbocycles. The molecule has 8 heteroatoms. The van der Waals surface area contributed by atoms with Crippen LogP contribution >= 0.6 is 0 Å². The molecule has 2 aliphatic heterocycles. The molecule has 2 atom stereocenters. The fourth-order valence-corrected chi connectivity index (χ4v) is 5.85.